The van der Waals surface area contributed by atoms with Gasteiger partial charge >= 0.3 is 5.97 Å². The molecule has 0 spiro atoms. The molecule has 0 aromatic carbocycles. The van der Waals surface area contributed by atoms with Gasteiger partial charge in [0.2, 0.25) is 0 Å². The van der Waals surface area contributed by atoms with Crippen LogP contribution in [0, 0.1) is 0 Å². The zero-order valence-electron chi connectivity index (χ0n) is 6.77. The number of nitrogens with zero attached hydrogens (tertiary/aromatic N) is 2. The van der Waals surface area contributed by atoms with Crippen molar-refractivity contribution in [2.45, 2.75) is 13.5 Å². The van der Waals surface area contributed by atoms with Crippen molar-refractivity contribution in [2.24, 2.45) is 0 Å². The number of aliphatic carboxylic acids is 1. The highest BCUT2D eigenvalue weighted by atomic mass is 16.4. The van der Waals surface area contributed by atoms with Crippen molar-refractivity contribution in [2.75, 3.05) is 0 Å². The normalized spacial score (nSPS) is 10.8. The molecule has 1 rings (SSSR count). The van der Waals surface area contributed by atoms with Crippen LogP contribution in [0.1, 0.15) is 12.6 Å². The Hall–Kier alpha value is -1.58. The summed E-state index contributed by atoms with van der Waals surface area (Å²) in [7, 11) is 0. The minimum absolute atomic E-state index is 0.742. The maximum absolute atomic E-state index is 10.2. The van der Waals surface area contributed by atoms with E-state index in [-0.39, 0.29) is 0 Å². The van der Waals surface area contributed by atoms with Crippen LogP contribution in [-0.2, 0) is 11.3 Å². The van der Waals surface area contributed by atoms with Crippen LogP contribution in [0.4, 0.5) is 0 Å². The fraction of sp³-hybridized carbons (Fsp3) is 0.250. The van der Waals surface area contributed by atoms with Crippen molar-refractivity contribution in [3.63, 3.8) is 0 Å². The SMILES string of the molecule is CCn1nccc1/C=C\C(=O)O. The summed E-state index contributed by atoms with van der Waals surface area (Å²) in [6, 6.07) is 1.77. The largest absolute Gasteiger partial charge is 0.478 e. The molecule has 0 saturated carbocycles. The van der Waals surface area contributed by atoms with E-state index in [0.717, 1.165) is 18.3 Å². The Balaban J connectivity index is 2.81. The first-order valence-electron chi connectivity index (χ1n) is 3.67. The minimum atomic E-state index is -0.946. The van der Waals surface area contributed by atoms with Gasteiger partial charge < -0.3 is 5.11 Å². The Bertz CT molecular complexity index is 302. The van der Waals surface area contributed by atoms with Crippen molar-refractivity contribution in [1.82, 2.24) is 9.78 Å². The first kappa shape index (κ1) is 8.52. The molecule has 0 aliphatic heterocycles. The zero-order chi connectivity index (χ0) is 8.97. The smallest absolute Gasteiger partial charge is 0.328 e. The van der Waals surface area contributed by atoms with Crippen LogP contribution in [0.15, 0.2) is 18.3 Å². The van der Waals surface area contributed by atoms with Gasteiger partial charge in [-0.2, -0.15) is 5.10 Å². The molecule has 4 heteroatoms. The number of aromatic nitrogens is 2. The molecule has 0 aliphatic carbocycles. The van der Waals surface area contributed by atoms with Gasteiger partial charge in [0, 0.05) is 18.8 Å². The Morgan fingerprint density at radius 1 is 1.83 bits per heavy atom. The highest BCUT2D eigenvalue weighted by molar-refractivity contribution is 5.84. The first-order valence-corrected chi connectivity index (χ1v) is 3.67. The van der Waals surface area contributed by atoms with Crippen LogP contribution in [0.3, 0.4) is 0 Å². The molecule has 1 aromatic heterocycles. The Labute approximate surface area is 70.1 Å². The summed E-state index contributed by atoms with van der Waals surface area (Å²) in [5.74, 6) is -0.946. The third-order valence-corrected chi connectivity index (χ3v) is 1.45. The molecular weight excluding hydrogens is 156 g/mol. The van der Waals surface area contributed by atoms with Gasteiger partial charge in [-0.05, 0) is 19.1 Å². The van der Waals surface area contributed by atoms with E-state index in [0.29, 0.717) is 0 Å². The summed E-state index contributed by atoms with van der Waals surface area (Å²) in [5.41, 5.74) is 0.805. The predicted octanol–water partition coefficient (Wildman–Crippen LogP) is 1.00. The Morgan fingerprint density at radius 2 is 2.58 bits per heavy atom. The van der Waals surface area contributed by atoms with Gasteiger partial charge in [0.15, 0.2) is 0 Å². The molecule has 0 bridgehead atoms. The fourth-order valence-corrected chi connectivity index (χ4v) is 0.905. The molecule has 0 fully saturated rings. The molecule has 1 aromatic rings. The van der Waals surface area contributed by atoms with E-state index in [4.69, 9.17) is 5.11 Å². The summed E-state index contributed by atoms with van der Waals surface area (Å²) >= 11 is 0. The lowest BCUT2D eigenvalue weighted by Crippen LogP contribution is -1.98. The number of carboxylic acids is 1. The summed E-state index contributed by atoms with van der Waals surface area (Å²) < 4.78 is 1.72. The van der Waals surface area contributed by atoms with Crippen molar-refractivity contribution in [3.8, 4) is 0 Å². The van der Waals surface area contributed by atoms with Crippen molar-refractivity contribution >= 4 is 12.0 Å². The molecule has 0 saturated heterocycles. The van der Waals surface area contributed by atoms with Crippen molar-refractivity contribution in [3.05, 3.63) is 24.0 Å². The molecule has 1 N–H and O–H groups in total. The Morgan fingerprint density at radius 3 is 3.17 bits per heavy atom. The van der Waals surface area contributed by atoms with Crippen LogP contribution >= 0.6 is 0 Å². The topological polar surface area (TPSA) is 55.1 Å². The van der Waals surface area contributed by atoms with E-state index in [9.17, 15) is 4.79 Å². The van der Waals surface area contributed by atoms with E-state index in [2.05, 4.69) is 5.10 Å². The molecule has 1 heterocycles. The number of rotatable bonds is 3. The monoisotopic (exact) mass is 166 g/mol. The van der Waals surface area contributed by atoms with Gasteiger partial charge in [0.25, 0.3) is 0 Å². The molecule has 12 heavy (non-hydrogen) atoms. The lowest BCUT2D eigenvalue weighted by molar-refractivity contribution is -0.131. The number of aryl methyl sites for hydroxylation is 1. The van der Waals surface area contributed by atoms with E-state index in [1.165, 1.54) is 6.08 Å². The molecule has 0 radical (unpaired) electrons. The second kappa shape index (κ2) is 3.71. The average Bonchev–Trinajstić information content (AvgIpc) is 2.47. The van der Waals surface area contributed by atoms with Gasteiger partial charge in [-0.3, -0.25) is 4.68 Å². The van der Waals surface area contributed by atoms with Crippen LogP contribution < -0.4 is 0 Å². The second-order valence-corrected chi connectivity index (χ2v) is 2.24. The van der Waals surface area contributed by atoms with E-state index < -0.39 is 5.97 Å². The van der Waals surface area contributed by atoms with Gasteiger partial charge in [-0.1, -0.05) is 0 Å². The van der Waals surface area contributed by atoms with Gasteiger partial charge in [-0.15, -0.1) is 0 Å². The number of carbonyl (C=O) groups is 1. The second-order valence-electron chi connectivity index (χ2n) is 2.24. The van der Waals surface area contributed by atoms with Crippen LogP contribution in [0.25, 0.3) is 6.08 Å². The first-order chi connectivity index (χ1) is 5.74. The number of hydrogen-bond acceptors (Lipinski definition) is 2. The summed E-state index contributed by atoms with van der Waals surface area (Å²) in [6.45, 7) is 2.69. The van der Waals surface area contributed by atoms with E-state index in [1.54, 1.807) is 16.9 Å². The van der Waals surface area contributed by atoms with Crippen LogP contribution in [0.5, 0.6) is 0 Å². The third-order valence-electron chi connectivity index (χ3n) is 1.45. The summed E-state index contributed by atoms with van der Waals surface area (Å²) in [5, 5.41) is 12.3. The predicted molar refractivity (Wildman–Crippen MR) is 44.6 cm³/mol. The van der Waals surface area contributed by atoms with Gasteiger partial charge in [0.05, 0.1) is 5.69 Å². The zero-order valence-corrected chi connectivity index (χ0v) is 6.77. The van der Waals surface area contributed by atoms with E-state index in [1.807, 2.05) is 6.92 Å². The highest BCUT2D eigenvalue weighted by Crippen LogP contribution is 2.00. The highest BCUT2D eigenvalue weighted by Gasteiger charge is 1.95. The van der Waals surface area contributed by atoms with E-state index >= 15 is 0 Å². The van der Waals surface area contributed by atoms with Crippen LogP contribution in [0.2, 0.25) is 0 Å². The molecule has 4 nitrogen and oxygen atoms in total. The lowest BCUT2D eigenvalue weighted by atomic mass is 10.4. The van der Waals surface area contributed by atoms with Crippen molar-refractivity contribution in [1.29, 1.82) is 0 Å². The summed E-state index contributed by atoms with van der Waals surface area (Å²) in [6.07, 6.45) is 4.27. The van der Waals surface area contributed by atoms with Crippen molar-refractivity contribution < 1.29 is 9.90 Å². The number of carboxylic acid groups (broad SMARTS) is 1. The molecule has 0 aliphatic rings. The quantitative estimate of drug-likeness (QED) is 0.681. The molecule has 0 amide bonds. The van der Waals surface area contributed by atoms with Crippen LogP contribution in [-0.4, -0.2) is 20.9 Å². The maximum Gasteiger partial charge on any atom is 0.328 e. The minimum Gasteiger partial charge on any atom is -0.478 e. The van der Waals surface area contributed by atoms with Gasteiger partial charge in [-0.25, -0.2) is 4.79 Å². The standard InChI is InChI=1S/C8H10N2O2/c1-2-10-7(5-6-9-10)3-4-8(11)12/h3-6H,2H2,1H3,(H,11,12)/b4-3-. The van der Waals surface area contributed by atoms with Gasteiger partial charge in [0.1, 0.15) is 0 Å². The lowest BCUT2D eigenvalue weighted by Gasteiger charge is -1.97. The maximum atomic E-state index is 10.2. The number of hydrogen-bond donors (Lipinski definition) is 1. The Kier molecular flexibility index (Phi) is 2.63. The molecule has 0 unspecified atom stereocenters. The molecule has 64 valence electrons. The average molecular weight is 166 g/mol. The summed E-state index contributed by atoms with van der Waals surface area (Å²) in [4.78, 5) is 10.2. The third kappa shape index (κ3) is 1.95. The molecular formula is C8H10N2O2. The fourth-order valence-electron chi connectivity index (χ4n) is 0.905. The molecule has 0 atom stereocenters.